The molecule has 6 heteroatoms. The zero-order valence-corrected chi connectivity index (χ0v) is 15.5. The normalized spacial score (nSPS) is 16.9. The first-order chi connectivity index (χ1) is 13.3. The highest BCUT2D eigenvalue weighted by atomic mass is 19.4. The van der Waals surface area contributed by atoms with Gasteiger partial charge in [-0.2, -0.15) is 13.2 Å². The van der Waals surface area contributed by atoms with E-state index in [1.54, 1.807) is 24.4 Å². The van der Waals surface area contributed by atoms with E-state index in [-0.39, 0.29) is 6.42 Å². The average molecular weight is 383 g/mol. The summed E-state index contributed by atoms with van der Waals surface area (Å²) < 4.78 is 39.3. The van der Waals surface area contributed by atoms with Gasteiger partial charge in [0, 0.05) is 34.3 Å². The first-order valence-electron chi connectivity index (χ1n) is 8.73. The molecular weight excluding hydrogens is 363 g/mol. The molecule has 0 unspecified atom stereocenters. The minimum Gasteiger partial charge on any atom is -0.340 e. The second kappa shape index (κ2) is 7.84. The van der Waals surface area contributed by atoms with Gasteiger partial charge in [-0.15, -0.1) is 0 Å². The number of hydrogen-bond donors (Lipinski definition) is 1. The summed E-state index contributed by atoms with van der Waals surface area (Å²) in [7, 11) is 0. The van der Waals surface area contributed by atoms with E-state index >= 15 is 0 Å². The van der Waals surface area contributed by atoms with E-state index in [1.807, 2.05) is 19.1 Å². The van der Waals surface area contributed by atoms with Gasteiger partial charge in [-0.25, -0.2) is 0 Å². The monoisotopic (exact) mass is 383 g/mol. The number of halogens is 3. The Bertz CT molecular complexity index is 973. The number of alkyl halides is 3. The fraction of sp³-hybridized carbons (Fsp3) is 0.182. The predicted octanol–water partition coefficient (Wildman–Crippen LogP) is 5.22. The molecule has 0 atom stereocenters. The maximum absolute atomic E-state index is 13.1. The van der Waals surface area contributed by atoms with E-state index in [1.165, 1.54) is 6.08 Å². The van der Waals surface area contributed by atoms with Crippen molar-refractivity contribution in [3.63, 3.8) is 0 Å². The molecule has 1 aromatic rings. The molecule has 1 aromatic heterocycles. The molecule has 0 spiro atoms. The summed E-state index contributed by atoms with van der Waals surface area (Å²) in [5.74, 6) is 0.443. The summed E-state index contributed by atoms with van der Waals surface area (Å²) >= 11 is 0. The molecular formula is C22H20F3N3. The van der Waals surface area contributed by atoms with Crippen LogP contribution in [0.3, 0.4) is 0 Å². The maximum atomic E-state index is 13.1. The van der Waals surface area contributed by atoms with Gasteiger partial charge < -0.3 is 5.32 Å². The summed E-state index contributed by atoms with van der Waals surface area (Å²) in [4.78, 5) is 8.64. The van der Waals surface area contributed by atoms with Crippen molar-refractivity contribution >= 4 is 11.4 Å². The van der Waals surface area contributed by atoms with E-state index in [0.29, 0.717) is 23.7 Å². The molecule has 28 heavy (non-hydrogen) atoms. The molecule has 0 radical (unpaired) electrons. The van der Waals surface area contributed by atoms with Gasteiger partial charge in [-0.1, -0.05) is 43.5 Å². The Morgan fingerprint density at radius 1 is 1.21 bits per heavy atom. The Morgan fingerprint density at radius 3 is 2.68 bits per heavy atom. The third-order valence-electron chi connectivity index (χ3n) is 4.49. The van der Waals surface area contributed by atoms with E-state index in [2.05, 4.69) is 28.5 Å². The molecule has 0 fully saturated rings. The molecule has 1 aliphatic carbocycles. The Kier molecular flexibility index (Phi) is 5.49. The van der Waals surface area contributed by atoms with Crippen LogP contribution >= 0.6 is 0 Å². The third kappa shape index (κ3) is 4.39. The van der Waals surface area contributed by atoms with Crippen molar-refractivity contribution < 1.29 is 13.2 Å². The number of aromatic nitrogens is 1. The van der Waals surface area contributed by atoms with Crippen LogP contribution in [0, 0.1) is 6.92 Å². The number of allylic oxidation sites excluding steroid dienone is 5. The molecule has 2 heterocycles. The van der Waals surface area contributed by atoms with E-state index in [4.69, 9.17) is 0 Å². The van der Waals surface area contributed by atoms with Crippen LogP contribution in [0.25, 0.3) is 5.57 Å². The number of aryl methyl sites for hydroxylation is 1. The van der Waals surface area contributed by atoms with Crippen LogP contribution in [-0.2, 0) is 0 Å². The lowest BCUT2D eigenvalue weighted by atomic mass is 10.0. The molecule has 144 valence electrons. The largest absolute Gasteiger partial charge is 0.413 e. The number of pyridine rings is 1. The van der Waals surface area contributed by atoms with Crippen LogP contribution in [0.1, 0.15) is 17.7 Å². The zero-order chi connectivity index (χ0) is 20.3. The highest BCUT2D eigenvalue weighted by Gasteiger charge is 2.33. The molecule has 1 N–H and O–H groups in total. The van der Waals surface area contributed by atoms with E-state index in [0.717, 1.165) is 28.5 Å². The van der Waals surface area contributed by atoms with Crippen molar-refractivity contribution in [3.8, 4) is 0 Å². The van der Waals surface area contributed by atoms with Gasteiger partial charge in [0.1, 0.15) is 5.84 Å². The molecule has 2 aliphatic rings. The number of rotatable bonds is 4. The van der Waals surface area contributed by atoms with Crippen LogP contribution in [0.4, 0.5) is 13.2 Å². The fourth-order valence-corrected chi connectivity index (χ4v) is 2.90. The first-order valence-corrected chi connectivity index (χ1v) is 8.73. The predicted molar refractivity (Wildman–Crippen MR) is 107 cm³/mol. The minimum absolute atomic E-state index is 0.154. The van der Waals surface area contributed by atoms with Crippen molar-refractivity contribution in [1.82, 2.24) is 10.3 Å². The lowest BCUT2D eigenvalue weighted by Gasteiger charge is -2.19. The van der Waals surface area contributed by atoms with Crippen LogP contribution in [0.5, 0.6) is 0 Å². The van der Waals surface area contributed by atoms with Crippen LogP contribution in [0.15, 0.2) is 89.3 Å². The number of nitrogens with one attached hydrogen (secondary N) is 1. The molecule has 3 rings (SSSR count). The fourth-order valence-electron chi connectivity index (χ4n) is 2.90. The molecule has 0 saturated heterocycles. The lowest BCUT2D eigenvalue weighted by Crippen LogP contribution is -2.29. The first kappa shape index (κ1) is 19.6. The standard InChI is InChI=1S/C22H20F3N3/c1-14(19-8-5-11-26-16(19)3)9-10-15(2)21-27-13-17-6-4-7-18(22(23,24)25)12-20(17)28-21/h4-6,8-12H,1-2,7,13H2,3H3,(H,27,28)/b10-9-. The van der Waals surface area contributed by atoms with Gasteiger partial charge in [0.05, 0.1) is 6.54 Å². The minimum atomic E-state index is -4.36. The van der Waals surface area contributed by atoms with Gasteiger partial charge >= 0.3 is 6.18 Å². The van der Waals surface area contributed by atoms with Crippen molar-refractivity contribution in [2.24, 2.45) is 4.99 Å². The molecule has 3 nitrogen and oxygen atoms in total. The molecule has 0 saturated carbocycles. The van der Waals surface area contributed by atoms with Crippen LogP contribution < -0.4 is 5.32 Å². The van der Waals surface area contributed by atoms with E-state index in [9.17, 15) is 13.2 Å². The lowest BCUT2D eigenvalue weighted by molar-refractivity contribution is -0.0929. The average Bonchev–Trinajstić information content (AvgIpc) is 2.88. The number of nitrogens with zero attached hydrogens (tertiary/aromatic N) is 2. The highest BCUT2D eigenvalue weighted by molar-refractivity contribution is 6.02. The maximum Gasteiger partial charge on any atom is 0.413 e. The van der Waals surface area contributed by atoms with Crippen LogP contribution in [0.2, 0.25) is 0 Å². The topological polar surface area (TPSA) is 37.3 Å². The quantitative estimate of drug-likeness (QED) is 0.724. The second-order valence-electron chi connectivity index (χ2n) is 6.52. The van der Waals surface area contributed by atoms with Crippen molar-refractivity contribution in [2.45, 2.75) is 19.5 Å². The number of hydrogen-bond acceptors (Lipinski definition) is 3. The molecule has 1 aliphatic heterocycles. The third-order valence-corrected chi connectivity index (χ3v) is 4.49. The van der Waals surface area contributed by atoms with Crippen molar-refractivity contribution in [2.75, 3.05) is 6.54 Å². The Morgan fingerprint density at radius 2 is 1.96 bits per heavy atom. The molecule has 0 aromatic carbocycles. The van der Waals surface area contributed by atoms with Crippen molar-refractivity contribution in [3.05, 3.63) is 95.5 Å². The Hall–Kier alpha value is -3.15. The van der Waals surface area contributed by atoms with Gasteiger partial charge in [0.25, 0.3) is 0 Å². The van der Waals surface area contributed by atoms with Gasteiger partial charge in [-0.3, -0.25) is 9.98 Å². The SMILES string of the molecule is C=C(/C=C\C(=C)c1cccnc1C)C1=NCC2=C(C=C(C(F)(F)F)CC=C2)N1. The summed E-state index contributed by atoms with van der Waals surface area (Å²) in [5.41, 5.74) is 3.63. The molecule has 0 bridgehead atoms. The smallest absolute Gasteiger partial charge is 0.340 e. The molecule has 0 amide bonds. The number of amidine groups is 1. The number of aliphatic imine (C=N–C) groups is 1. The van der Waals surface area contributed by atoms with E-state index < -0.39 is 11.7 Å². The summed E-state index contributed by atoms with van der Waals surface area (Å²) in [6.07, 6.45) is 5.08. The van der Waals surface area contributed by atoms with Gasteiger partial charge in [0.2, 0.25) is 0 Å². The van der Waals surface area contributed by atoms with Crippen molar-refractivity contribution in [1.29, 1.82) is 0 Å². The summed E-state index contributed by atoms with van der Waals surface area (Å²) in [6.45, 7) is 10.2. The van der Waals surface area contributed by atoms with Crippen LogP contribution in [-0.4, -0.2) is 23.5 Å². The second-order valence-corrected chi connectivity index (χ2v) is 6.52. The summed E-state index contributed by atoms with van der Waals surface area (Å²) in [6, 6.07) is 3.76. The Balaban J connectivity index is 1.75. The Labute approximate surface area is 162 Å². The summed E-state index contributed by atoms with van der Waals surface area (Å²) in [5, 5.41) is 2.98. The van der Waals surface area contributed by atoms with Gasteiger partial charge in [-0.05, 0) is 36.6 Å². The van der Waals surface area contributed by atoms with Gasteiger partial charge in [0.15, 0.2) is 0 Å². The zero-order valence-electron chi connectivity index (χ0n) is 15.5. The highest BCUT2D eigenvalue weighted by Crippen LogP contribution is 2.32.